The molecule has 0 N–H and O–H groups in total. The number of carbonyl (C=O) groups is 1. The van der Waals surface area contributed by atoms with Crippen LogP contribution in [0.3, 0.4) is 0 Å². The van der Waals surface area contributed by atoms with E-state index >= 15 is 0 Å². The standard InChI is InChI=1S/C22H21OS/c23-22(21-14-8-3-9-15-21)18-24(16-19-10-4-1-5-11-19)17-20-12-6-2-7-13-20/h1-15H,16-18H2/q+1. The van der Waals surface area contributed by atoms with E-state index in [2.05, 4.69) is 48.5 Å². The molecule has 3 aromatic carbocycles. The van der Waals surface area contributed by atoms with Gasteiger partial charge in [0.1, 0.15) is 11.5 Å². The summed E-state index contributed by atoms with van der Waals surface area (Å²) in [5.41, 5.74) is 3.42. The maximum absolute atomic E-state index is 12.6. The Balaban J connectivity index is 1.75. The van der Waals surface area contributed by atoms with Gasteiger partial charge in [-0.2, -0.15) is 0 Å². The molecule has 2 heteroatoms. The summed E-state index contributed by atoms with van der Waals surface area (Å²) in [5.74, 6) is 2.75. The minimum Gasteiger partial charge on any atom is -0.289 e. The molecule has 0 bridgehead atoms. The van der Waals surface area contributed by atoms with Crippen molar-refractivity contribution in [1.82, 2.24) is 0 Å². The second-order valence-electron chi connectivity index (χ2n) is 5.81. The molecule has 0 saturated carbocycles. The minimum atomic E-state index is -0.00655. The molecule has 0 aliphatic heterocycles. The molecule has 0 aromatic heterocycles. The second-order valence-corrected chi connectivity index (χ2v) is 7.90. The van der Waals surface area contributed by atoms with Crippen LogP contribution in [0.4, 0.5) is 0 Å². The van der Waals surface area contributed by atoms with Gasteiger partial charge in [0.05, 0.1) is 0 Å². The van der Waals surface area contributed by atoms with Crippen LogP contribution in [-0.4, -0.2) is 11.5 Å². The third kappa shape index (κ3) is 4.84. The highest BCUT2D eigenvalue weighted by atomic mass is 32.2. The zero-order valence-corrected chi connectivity index (χ0v) is 14.4. The lowest BCUT2D eigenvalue weighted by molar-refractivity contribution is 0.102. The largest absolute Gasteiger partial charge is 0.289 e. The Kier molecular flexibility index (Phi) is 5.86. The Hall–Kier alpha value is -2.32. The summed E-state index contributed by atoms with van der Waals surface area (Å²) in [6.07, 6.45) is 0. The van der Waals surface area contributed by atoms with Gasteiger partial charge in [0.15, 0.2) is 5.75 Å². The fourth-order valence-corrected chi connectivity index (χ4v) is 4.84. The topological polar surface area (TPSA) is 17.1 Å². The third-order valence-corrected chi connectivity index (χ3v) is 6.01. The summed E-state index contributed by atoms with van der Waals surface area (Å²) in [6, 6.07) is 30.6. The first-order chi connectivity index (χ1) is 11.8. The van der Waals surface area contributed by atoms with Gasteiger partial charge in [-0.05, 0) is 0 Å². The van der Waals surface area contributed by atoms with E-state index in [1.165, 1.54) is 11.1 Å². The van der Waals surface area contributed by atoms with Crippen LogP contribution in [0.1, 0.15) is 21.5 Å². The highest BCUT2D eigenvalue weighted by molar-refractivity contribution is 7.96. The molecule has 0 atom stereocenters. The average Bonchev–Trinajstić information content (AvgIpc) is 2.64. The first-order valence-corrected chi connectivity index (χ1v) is 9.84. The molecule has 24 heavy (non-hydrogen) atoms. The van der Waals surface area contributed by atoms with E-state index in [0.717, 1.165) is 17.1 Å². The van der Waals surface area contributed by atoms with E-state index in [1.807, 2.05) is 42.5 Å². The van der Waals surface area contributed by atoms with Crippen molar-refractivity contribution in [3.63, 3.8) is 0 Å². The maximum Gasteiger partial charge on any atom is 0.211 e. The Morgan fingerprint density at radius 3 is 1.50 bits per heavy atom. The van der Waals surface area contributed by atoms with Gasteiger partial charge in [-0.15, -0.1) is 0 Å². The van der Waals surface area contributed by atoms with Crippen LogP contribution in [0.15, 0.2) is 91.0 Å². The van der Waals surface area contributed by atoms with Gasteiger partial charge >= 0.3 is 0 Å². The summed E-state index contributed by atoms with van der Waals surface area (Å²) in [4.78, 5) is 12.6. The smallest absolute Gasteiger partial charge is 0.211 e. The summed E-state index contributed by atoms with van der Waals surface area (Å²) in [6.45, 7) is 0. The highest BCUT2D eigenvalue weighted by Gasteiger charge is 2.24. The van der Waals surface area contributed by atoms with Crippen molar-refractivity contribution in [2.45, 2.75) is 11.5 Å². The van der Waals surface area contributed by atoms with Crippen LogP contribution in [0.5, 0.6) is 0 Å². The molecule has 0 aliphatic carbocycles. The highest BCUT2D eigenvalue weighted by Crippen LogP contribution is 2.17. The van der Waals surface area contributed by atoms with Crippen molar-refractivity contribution in [2.24, 2.45) is 0 Å². The SMILES string of the molecule is O=C(C[S+](Cc1ccccc1)Cc1ccccc1)c1ccccc1. The summed E-state index contributed by atoms with van der Waals surface area (Å²) in [5, 5.41) is 0. The molecule has 1 nitrogen and oxygen atoms in total. The molecule has 0 saturated heterocycles. The molecule has 0 amide bonds. The van der Waals surface area contributed by atoms with Crippen molar-refractivity contribution in [3.8, 4) is 0 Å². The predicted molar refractivity (Wildman–Crippen MR) is 103 cm³/mol. The fraction of sp³-hybridized carbons (Fsp3) is 0.136. The van der Waals surface area contributed by atoms with Crippen LogP contribution in [0.2, 0.25) is 0 Å². The number of Topliss-reactive ketones (excluding diaryl/α,β-unsaturated/α-hetero) is 1. The van der Waals surface area contributed by atoms with Gasteiger partial charge in [0.2, 0.25) is 5.78 Å². The average molecular weight is 333 g/mol. The van der Waals surface area contributed by atoms with Crippen LogP contribution < -0.4 is 0 Å². The zero-order chi connectivity index (χ0) is 16.6. The number of carbonyl (C=O) groups excluding carboxylic acids is 1. The van der Waals surface area contributed by atoms with E-state index in [1.54, 1.807) is 0 Å². The number of ketones is 1. The third-order valence-electron chi connectivity index (χ3n) is 3.86. The lowest BCUT2D eigenvalue weighted by Crippen LogP contribution is -2.20. The van der Waals surface area contributed by atoms with Crippen molar-refractivity contribution >= 4 is 16.7 Å². The van der Waals surface area contributed by atoms with Crippen molar-refractivity contribution in [3.05, 3.63) is 108 Å². The van der Waals surface area contributed by atoms with E-state index in [0.29, 0.717) is 5.75 Å². The monoisotopic (exact) mass is 333 g/mol. The Labute approximate surface area is 146 Å². The normalized spacial score (nSPS) is 10.7. The Morgan fingerprint density at radius 2 is 1.04 bits per heavy atom. The van der Waals surface area contributed by atoms with Crippen LogP contribution in [0, 0.1) is 0 Å². The number of hydrogen-bond donors (Lipinski definition) is 0. The summed E-state index contributed by atoms with van der Waals surface area (Å²) in [7, 11) is -0.00655. The predicted octanol–water partition coefficient (Wildman–Crippen LogP) is 4.89. The van der Waals surface area contributed by atoms with E-state index in [4.69, 9.17) is 0 Å². The molecular formula is C22H21OS+. The molecule has 0 aliphatic rings. The molecule has 120 valence electrons. The molecule has 3 aromatic rings. The van der Waals surface area contributed by atoms with E-state index in [-0.39, 0.29) is 16.7 Å². The fourth-order valence-electron chi connectivity index (χ4n) is 2.67. The molecular weight excluding hydrogens is 312 g/mol. The summed E-state index contributed by atoms with van der Waals surface area (Å²) < 4.78 is 0. The first-order valence-electron chi connectivity index (χ1n) is 8.11. The molecule has 0 unspecified atom stereocenters. The second kappa shape index (κ2) is 8.51. The number of rotatable bonds is 7. The van der Waals surface area contributed by atoms with Crippen molar-refractivity contribution in [2.75, 3.05) is 5.75 Å². The molecule has 0 radical (unpaired) electrons. The van der Waals surface area contributed by atoms with Gasteiger partial charge < -0.3 is 0 Å². The van der Waals surface area contributed by atoms with Gasteiger partial charge in [0.25, 0.3) is 0 Å². The quantitative estimate of drug-likeness (QED) is 0.444. The molecule has 0 fully saturated rings. The van der Waals surface area contributed by atoms with Gasteiger partial charge in [-0.3, -0.25) is 4.79 Å². The zero-order valence-electron chi connectivity index (χ0n) is 13.6. The van der Waals surface area contributed by atoms with Crippen molar-refractivity contribution < 1.29 is 4.79 Å². The van der Waals surface area contributed by atoms with Gasteiger partial charge in [-0.25, -0.2) is 0 Å². The Bertz CT molecular complexity index is 712. The van der Waals surface area contributed by atoms with E-state index in [9.17, 15) is 4.79 Å². The van der Waals surface area contributed by atoms with Gasteiger partial charge in [-0.1, -0.05) is 91.0 Å². The Morgan fingerprint density at radius 1 is 0.625 bits per heavy atom. The lowest BCUT2D eigenvalue weighted by atomic mass is 10.2. The maximum atomic E-state index is 12.6. The molecule has 0 heterocycles. The number of benzene rings is 3. The first kappa shape index (κ1) is 16.5. The minimum absolute atomic E-state index is 0.00655. The molecule has 0 spiro atoms. The molecule has 3 rings (SSSR count). The van der Waals surface area contributed by atoms with Crippen molar-refractivity contribution in [1.29, 1.82) is 0 Å². The van der Waals surface area contributed by atoms with Crippen LogP contribution >= 0.6 is 0 Å². The van der Waals surface area contributed by atoms with Gasteiger partial charge in [0, 0.05) is 27.6 Å². The van der Waals surface area contributed by atoms with Crippen LogP contribution in [0.25, 0.3) is 0 Å². The van der Waals surface area contributed by atoms with E-state index < -0.39 is 0 Å². The van der Waals surface area contributed by atoms with Crippen LogP contribution in [-0.2, 0) is 22.4 Å². The number of hydrogen-bond acceptors (Lipinski definition) is 1. The lowest BCUT2D eigenvalue weighted by Gasteiger charge is -2.09. The summed E-state index contributed by atoms with van der Waals surface area (Å²) >= 11 is 0.